The van der Waals surface area contributed by atoms with E-state index in [1.54, 1.807) is 23.1 Å². The molecule has 0 saturated carbocycles. The number of anilines is 1. The highest BCUT2D eigenvalue weighted by Crippen LogP contribution is 2.35. The van der Waals surface area contributed by atoms with Crippen LogP contribution in [0, 0.1) is 11.8 Å². The molecule has 1 saturated heterocycles. The number of benzene rings is 1. The Morgan fingerprint density at radius 1 is 1.41 bits per heavy atom. The van der Waals surface area contributed by atoms with E-state index in [1.165, 1.54) is 0 Å². The summed E-state index contributed by atoms with van der Waals surface area (Å²) in [7, 11) is 0. The first-order valence-corrected chi connectivity index (χ1v) is 8.17. The molecule has 0 spiro atoms. The quantitative estimate of drug-likeness (QED) is 0.889. The van der Waals surface area contributed by atoms with Crippen molar-refractivity contribution in [1.29, 1.82) is 0 Å². The zero-order chi connectivity index (χ0) is 16.3. The van der Waals surface area contributed by atoms with Gasteiger partial charge in [0.25, 0.3) is 0 Å². The van der Waals surface area contributed by atoms with Crippen LogP contribution in [0.15, 0.2) is 18.2 Å². The van der Waals surface area contributed by atoms with Gasteiger partial charge in [0.15, 0.2) is 0 Å². The van der Waals surface area contributed by atoms with Crippen molar-refractivity contribution < 1.29 is 9.59 Å². The lowest BCUT2D eigenvalue weighted by Crippen LogP contribution is -2.34. The summed E-state index contributed by atoms with van der Waals surface area (Å²) in [6, 6.07) is 5.15. The third-order valence-corrected chi connectivity index (χ3v) is 4.55. The number of halogens is 2. The molecular formula is C16H20Cl2N2O2. The molecule has 6 heteroatoms. The maximum absolute atomic E-state index is 12.2. The van der Waals surface area contributed by atoms with Gasteiger partial charge in [-0.2, -0.15) is 0 Å². The van der Waals surface area contributed by atoms with Gasteiger partial charge in [-0.05, 0) is 24.5 Å². The fraction of sp³-hybridized carbons (Fsp3) is 0.500. The number of nitrogens with one attached hydrogen (secondary N) is 1. The van der Waals surface area contributed by atoms with Crippen LogP contribution in [0.3, 0.4) is 0 Å². The number of carbonyl (C=O) groups is 2. The molecule has 1 aliphatic heterocycles. The van der Waals surface area contributed by atoms with Gasteiger partial charge in [0, 0.05) is 19.5 Å². The van der Waals surface area contributed by atoms with Crippen molar-refractivity contribution in [3.8, 4) is 0 Å². The molecule has 1 aromatic rings. The molecule has 0 aromatic heterocycles. The number of hydrogen-bond donors (Lipinski definition) is 1. The molecule has 4 nitrogen and oxygen atoms in total. The first kappa shape index (κ1) is 17.1. The minimum absolute atomic E-state index is 0.0744. The standard InChI is InChI=1S/C16H20Cl2N2O2/c1-10(2)6-7-19-16(22)11-8-14(21)20(9-11)13-5-3-4-12(17)15(13)18/h3-5,10-11H,6-9H2,1-2H3,(H,19,22). The van der Waals surface area contributed by atoms with Crippen LogP contribution in [0.2, 0.25) is 10.0 Å². The van der Waals surface area contributed by atoms with Gasteiger partial charge in [0.2, 0.25) is 11.8 Å². The summed E-state index contributed by atoms with van der Waals surface area (Å²) >= 11 is 12.1. The van der Waals surface area contributed by atoms with E-state index < -0.39 is 0 Å². The van der Waals surface area contributed by atoms with Crippen LogP contribution in [0.25, 0.3) is 0 Å². The lowest BCUT2D eigenvalue weighted by Gasteiger charge is -2.18. The highest BCUT2D eigenvalue weighted by atomic mass is 35.5. The first-order chi connectivity index (χ1) is 10.4. The summed E-state index contributed by atoms with van der Waals surface area (Å²) < 4.78 is 0. The lowest BCUT2D eigenvalue weighted by atomic mass is 10.1. The molecule has 2 amide bonds. The molecular weight excluding hydrogens is 323 g/mol. The second-order valence-electron chi connectivity index (χ2n) is 5.95. The van der Waals surface area contributed by atoms with E-state index >= 15 is 0 Å². The summed E-state index contributed by atoms with van der Waals surface area (Å²) in [6.07, 6.45) is 1.13. The summed E-state index contributed by atoms with van der Waals surface area (Å²) in [4.78, 5) is 25.9. The molecule has 22 heavy (non-hydrogen) atoms. The molecule has 0 radical (unpaired) electrons. The molecule has 1 heterocycles. The predicted molar refractivity (Wildman–Crippen MR) is 89.4 cm³/mol. The molecule has 1 atom stereocenters. The third-order valence-electron chi connectivity index (χ3n) is 3.74. The zero-order valence-corrected chi connectivity index (χ0v) is 14.2. The monoisotopic (exact) mass is 342 g/mol. The number of hydrogen-bond acceptors (Lipinski definition) is 2. The predicted octanol–water partition coefficient (Wildman–Crippen LogP) is 3.51. The molecule has 1 unspecified atom stereocenters. The van der Waals surface area contributed by atoms with Gasteiger partial charge in [-0.15, -0.1) is 0 Å². The highest BCUT2D eigenvalue weighted by molar-refractivity contribution is 6.44. The minimum Gasteiger partial charge on any atom is -0.356 e. The number of rotatable bonds is 5. The Hall–Kier alpha value is -1.26. The molecule has 0 aliphatic carbocycles. The van der Waals surface area contributed by atoms with Crippen LogP contribution in [0.5, 0.6) is 0 Å². The topological polar surface area (TPSA) is 49.4 Å². The van der Waals surface area contributed by atoms with Gasteiger partial charge in [-0.25, -0.2) is 0 Å². The first-order valence-electron chi connectivity index (χ1n) is 7.42. The van der Waals surface area contributed by atoms with Crippen molar-refractivity contribution in [3.05, 3.63) is 28.2 Å². The second kappa shape index (κ2) is 7.34. The van der Waals surface area contributed by atoms with Gasteiger partial charge in [0.05, 0.1) is 21.7 Å². The maximum atomic E-state index is 12.2. The SMILES string of the molecule is CC(C)CCNC(=O)C1CC(=O)N(c2cccc(Cl)c2Cl)C1. The molecule has 1 aromatic carbocycles. The highest BCUT2D eigenvalue weighted by Gasteiger charge is 2.35. The molecule has 2 rings (SSSR count). The molecule has 1 N–H and O–H groups in total. The van der Waals surface area contributed by atoms with Crippen LogP contribution in [-0.2, 0) is 9.59 Å². The number of carbonyl (C=O) groups excluding carboxylic acids is 2. The lowest BCUT2D eigenvalue weighted by molar-refractivity contribution is -0.126. The fourth-order valence-electron chi connectivity index (χ4n) is 2.45. The average Bonchev–Trinajstić information content (AvgIpc) is 2.83. The molecule has 1 fully saturated rings. The van der Waals surface area contributed by atoms with Crippen LogP contribution < -0.4 is 10.2 Å². The number of amides is 2. The van der Waals surface area contributed by atoms with Crippen LogP contribution in [0.1, 0.15) is 26.7 Å². The Labute approximate surface area is 140 Å². The van der Waals surface area contributed by atoms with Gasteiger partial charge in [-0.3, -0.25) is 9.59 Å². The van der Waals surface area contributed by atoms with Crippen molar-refractivity contribution in [2.45, 2.75) is 26.7 Å². The van der Waals surface area contributed by atoms with E-state index in [9.17, 15) is 9.59 Å². The largest absolute Gasteiger partial charge is 0.356 e. The third kappa shape index (κ3) is 3.93. The van der Waals surface area contributed by atoms with Crippen molar-refractivity contribution in [2.75, 3.05) is 18.0 Å². The van der Waals surface area contributed by atoms with E-state index in [-0.39, 0.29) is 24.2 Å². The fourth-order valence-corrected chi connectivity index (χ4v) is 2.84. The summed E-state index contributed by atoms with van der Waals surface area (Å²) in [5.41, 5.74) is 0.566. The van der Waals surface area contributed by atoms with E-state index in [1.807, 2.05) is 0 Å². The Kier molecular flexibility index (Phi) is 5.70. The van der Waals surface area contributed by atoms with Crippen LogP contribution in [0.4, 0.5) is 5.69 Å². The Morgan fingerprint density at radius 2 is 2.14 bits per heavy atom. The van der Waals surface area contributed by atoms with Gasteiger partial charge in [0.1, 0.15) is 0 Å². The van der Waals surface area contributed by atoms with E-state index in [0.29, 0.717) is 34.7 Å². The van der Waals surface area contributed by atoms with E-state index in [0.717, 1.165) is 6.42 Å². The Balaban J connectivity index is 2.01. The smallest absolute Gasteiger partial charge is 0.227 e. The van der Waals surface area contributed by atoms with Crippen molar-refractivity contribution >= 4 is 40.7 Å². The van der Waals surface area contributed by atoms with Crippen molar-refractivity contribution in [1.82, 2.24) is 5.32 Å². The Bertz CT molecular complexity index is 575. The Morgan fingerprint density at radius 3 is 2.82 bits per heavy atom. The van der Waals surface area contributed by atoms with Gasteiger partial charge >= 0.3 is 0 Å². The summed E-state index contributed by atoms with van der Waals surface area (Å²) in [6.45, 7) is 5.19. The summed E-state index contributed by atoms with van der Waals surface area (Å²) in [5.74, 6) is 0.0183. The molecule has 0 bridgehead atoms. The van der Waals surface area contributed by atoms with Crippen LogP contribution in [-0.4, -0.2) is 24.9 Å². The van der Waals surface area contributed by atoms with Crippen molar-refractivity contribution in [3.63, 3.8) is 0 Å². The maximum Gasteiger partial charge on any atom is 0.227 e. The van der Waals surface area contributed by atoms with Crippen molar-refractivity contribution in [2.24, 2.45) is 11.8 Å². The second-order valence-corrected chi connectivity index (χ2v) is 6.74. The minimum atomic E-state index is -0.338. The number of nitrogens with zero attached hydrogens (tertiary/aromatic N) is 1. The molecule has 120 valence electrons. The van der Waals surface area contributed by atoms with E-state index in [2.05, 4.69) is 19.2 Å². The van der Waals surface area contributed by atoms with E-state index in [4.69, 9.17) is 23.2 Å². The summed E-state index contributed by atoms with van der Waals surface area (Å²) in [5, 5.41) is 3.64. The zero-order valence-electron chi connectivity index (χ0n) is 12.7. The van der Waals surface area contributed by atoms with Gasteiger partial charge in [-0.1, -0.05) is 43.1 Å². The normalized spacial score (nSPS) is 18.1. The van der Waals surface area contributed by atoms with Gasteiger partial charge < -0.3 is 10.2 Å². The molecule has 1 aliphatic rings. The van der Waals surface area contributed by atoms with Crippen LogP contribution >= 0.6 is 23.2 Å². The average molecular weight is 343 g/mol.